The number of imidazole rings is 1. The molecule has 1 N–H and O–H groups in total. The number of hydrogen-bond acceptors (Lipinski definition) is 7. The number of halogens is 2. The van der Waals surface area contributed by atoms with Gasteiger partial charge in [0.25, 0.3) is 6.43 Å². The maximum Gasteiger partial charge on any atom is 0.257 e. The van der Waals surface area contributed by atoms with Gasteiger partial charge in [-0.2, -0.15) is 10.2 Å². The molecule has 190 valence electrons. The number of fused-ring (bicyclic) bond motifs is 1. The van der Waals surface area contributed by atoms with Gasteiger partial charge in [-0.05, 0) is 37.8 Å². The van der Waals surface area contributed by atoms with Crippen LogP contribution in [-0.2, 0) is 13.6 Å². The molecule has 37 heavy (non-hydrogen) atoms. The number of rotatable bonds is 7. The number of alkyl halides is 2. The van der Waals surface area contributed by atoms with Crippen LogP contribution in [0.2, 0.25) is 0 Å². The van der Waals surface area contributed by atoms with Crippen LogP contribution in [0, 0.1) is 0 Å². The van der Waals surface area contributed by atoms with E-state index in [2.05, 4.69) is 35.0 Å². The molecule has 0 bridgehead atoms. The minimum Gasteiger partial charge on any atom is -0.351 e. The van der Waals surface area contributed by atoms with Gasteiger partial charge in [0.1, 0.15) is 12.1 Å². The average Bonchev–Trinajstić information content (AvgIpc) is 3.64. The van der Waals surface area contributed by atoms with Crippen molar-refractivity contribution < 1.29 is 8.78 Å². The van der Waals surface area contributed by atoms with Crippen molar-refractivity contribution in [3.8, 4) is 22.4 Å². The third-order valence-electron chi connectivity index (χ3n) is 6.74. The van der Waals surface area contributed by atoms with Gasteiger partial charge in [-0.3, -0.25) is 9.36 Å². The Labute approximate surface area is 211 Å². The molecule has 0 aromatic carbocycles. The second-order valence-electron chi connectivity index (χ2n) is 9.36. The van der Waals surface area contributed by atoms with Crippen LogP contribution in [0.15, 0.2) is 55.6 Å². The fraction of sp³-hybridized carbons (Fsp3) is 0.360. The molecule has 0 unspecified atom stereocenters. The number of nitrogens with one attached hydrogen (secondary N) is 1. The van der Waals surface area contributed by atoms with Crippen molar-refractivity contribution >= 4 is 17.1 Å². The number of nitrogens with zero attached hydrogens (tertiary/aromatic N) is 9. The second-order valence-corrected chi connectivity index (χ2v) is 9.36. The molecule has 6 rings (SSSR count). The first-order chi connectivity index (χ1) is 18.0. The Hall–Kier alpha value is -4.22. The smallest absolute Gasteiger partial charge is 0.257 e. The average molecular weight is 505 g/mol. The molecular formula is C25H26F2N10. The van der Waals surface area contributed by atoms with E-state index < -0.39 is 13.0 Å². The summed E-state index contributed by atoms with van der Waals surface area (Å²) in [4.78, 5) is 18.4. The Bertz CT molecular complexity index is 1520. The predicted molar refractivity (Wildman–Crippen MR) is 134 cm³/mol. The third-order valence-corrected chi connectivity index (χ3v) is 6.74. The molecule has 0 amide bonds. The zero-order chi connectivity index (χ0) is 25.4. The molecule has 10 nitrogen and oxygen atoms in total. The van der Waals surface area contributed by atoms with E-state index in [-0.39, 0.29) is 12.1 Å². The molecule has 1 aliphatic rings. The van der Waals surface area contributed by atoms with Crippen LogP contribution >= 0.6 is 0 Å². The zero-order valence-electron chi connectivity index (χ0n) is 20.2. The summed E-state index contributed by atoms with van der Waals surface area (Å²) in [5, 5.41) is 11.9. The summed E-state index contributed by atoms with van der Waals surface area (Å²) in [6, 6.07) is 4.30. The second kappa shape index (κ2) is 9.68. The van der Waals surface area contributed by atoms with Gasteiger partial charge in [-0.15, -0.1) is 0 Å². The summed E-state index contributed by atoms with van der Waals surface area (Å²) in [7, 11) is 1.83. The molecule has 5 aromatic heterocycles. The summed E-state index contributed by atoms with van der Waals surface area (Å²) < 4.78 is 30.9. The van der Waals surface area contributed by atoms with Gasteiger partial charge in [-0.1, -0.05) is 0 Å². The summed E-state index contributed by atoms with van der Waals surface area (Å²) in [5.41, 5.74) is 4.64. The highest BCUT2D eigenvalue weighted by Gasteiger charge is 2.26. The van der Waals surface area contributed by atoms with Crippen LogP contribution < -0.4 is 5.32 Å². The van der Waals surface area contributed by atoms with Crippen molar-refractivity contribution in [2.24, 2.45) is 7.05 Å². The van der Waals surface area contributed by atoms with Gasteiger partial charge in [-0.25, -0.2) is 28.7 Å². The first-order valence-corrected chi connectivity index (χ1v) is 12.2. The Balaban J connectivity index is 1.28. The highest BCUT2D eigenvalue weighted by atomic mass is 19.3. The van der Waals surface area contributed by atoms with E-state index in [4.69, 9.17) is 4.98 Å². The van der Waals surface area contributed by atoms with Crippen molar-refractivity contribution in [2.45, 2.75) is 50.7 Å². The highest BCUT2D eigenvalue weighted by Crippen LogP contribution is 2.34. The van der Waals surface area contributed by atoms with E-state index in [1.807, 2.05) is 31.7 Å². The van der Waals surface area contributed by atoms with Crippen molar-refractivity contribution in [1.82, 2.24) is 44.1 Å². The Morgan fingerprint density at radius 2 is 1.95 bits per heavy atom. The molecule has 1 fully saturated rings. The normalized spacial score (nSPS) is 18.1. The Morgan fingerprint density at radius 1 is 1.05 bits per heavy atom. The van der Waals surface area contributed by atoms with E-state index in [1.165, 1.54) is 4.68 Å². The molecule has 0 radical (unpaired) electrons. The minimum atomic E-state index is -2.49. The fourth-order valence-electron chi connectivity index (χ4n) is 5.03. The number of aryl methyl sites for hydroxylation is 1. The highest BCUT2D eigenvalue weighted by molar-refractivity contribution is 5.79. The zero-order valence-corrected chi connectivity index (χ0v) is 20.2. The van der Waals surface area contributed by atoms with Gasteiger partial charge in [0, 0.05) is 60.6 Å². The number of anilines is 1. The molecule has 5 heterocycles. The van der Waals surface area contributed by atoms with E-state index >= 15 is 0 Å². The topological polar surface area (TPSA) is 104 Å². The molecule has 0 aliphatic heterocycles. The standard InChI is InChI=1S/C25H26F2N10/c1-35-12-16(9-31-35)20-11-29-25(34-23(20)17-10-32-36(13-17)14-22(26)27)33-18-4-2-5-19(8-18)37-15-30-21-6-3-7-28-24(21)37/h3,6-7,9-13,15,18-19,22H,2,4-5,8,14H2,1H3,(H,29,33,34)/t18-,19+/m1/s1. The molecule has 2 atom stereocenters. The van der Waals surface area contributed by atoms with Crippen LogP contribution in [-0.4, -0.2) is 56.5 Å². The van der Waals surface area contributed by atoms with E-state index in [0.717, 1.165) is 48.0 Å². The SMILES string of the molecule is Cn1cc(-c2cnc(N[C@@H]3CCC[C@H](n4cnc5cccnc54)C3)nc2-c2cnn(CC(F)F)c2)cn1. The van der Waals surface area contributed by atoms with Gasteiger partial charge in [0.05, 0.1) is 24.4 Å². The summed E-state index contributed by atoms with van der Waals surface area (Å²) in [6.07, 6.45) is 13.7. The van der Waals surface area contributed by atoms with Gasteiger partial charge < -0.3 is 9.88 Å². The van der Waals surface area contributed by atoms with Crippen LogP contribution in [0.5, 0.6) is 0 Å². The molecule has 1 saturated carbocycles. The molecule has 12 heteroatoms. The monoisotopic (exact) mass is 504 g/mol. The largest absolute Gasteiger partial charge is 0.351 e. The van der Waals surface area contributed by atoms with Crippen LogP contribution in [0.4, 0.5) is 14.7 Å². The summed E-state index contributed by atoms with van der Waals surface area (Å²) >= 11 is 0. The number of pyridine rings is 1. The van der Waals surface area contributed by atoms with E-state index in [0.29, 0.717) is 17.2 Å². The fourth-order valence-corrected chi connectivity index (χ4v) is 5.03. The van der Waals surface area contributed by atoms with Crippen LogP contribution in [0.25, 0.3) is 33.5 Å². The Morgan fingerprint density at radius 3 is 2.78 bits per heavy atom. The lowest BCUT2D eigenvalue weighted by Crippen LogP contribution is -2.29. The lowest BCUT2D eigenvalue weighted by molar-refractivity contribution is 0.122. The third kappa shape index (κ3) is 4.78. The molecule has 5 aromatic rings. The van der Waals surface area contributed by atoms with Gasteiger partial charge >= 0.3 is 0 Å². The number of aromatic nitrogens is 9. The van der Waals surface area contributed by atoms with Gasteiger partial charge in [0.15, 0.2) is 5.65 Å². The van der Waals surface area contributed by atoms with Crippen molar-refractivity contribution in [3.05, 3.63) is 55.6 Å². The molecule has 0 saturated heterocycles. The maximum atomic E-state index is 12.9. The first kappa shape index (κ1) is 23.2. The lowest BCUT2D eigenvalue weighted by atomic mass is 9.91. The van der Waals surface area contributed by atoms with E-state index in [9.17, 15) is 8.78 Å². The number of hydrogen-bond donors (Lipinski definition) is 1. The predicted octanol–water partition coefficient (Wildman–Crippen LogP) is 4.35. The van der Waals surface area contributed by atoms with E-state index in [1.54, 1.807) is 35.7 Å². The molecular weight excluding hydrogens is 478 g/mol. The van der Waals surface area contributed by atoms with Gasteiger partial charge in [0.2, 0.25) is 5.95 Å². The van der Waals surface area contributed by atoms with Crippen LogP contribution in [0.1, 0.15) is 31.7 Å². The summed E-state index contributed by atoms with van der Waals surface area (Å²) in [5.74, 6) is 0.489. The van der Waals surface area contributed by atoms with Crippen LogP contribution in [0.3, 0.4) is 0 Å². The molecule has 1 aliphatic carbocycles. The van der Waals surface area contributed by atoms with Crippen molar-refractivity contribution in [3.63, 3.8) is 0 Å². The minimum absolute atomic E-state index is 0.165. The maximum absolute atomic E-state index is 12.9. The first-order valence-electron chi connectivity index (χ1n) is 12.2. The van der Waals surface area contributed by atoms with Crippen molar-refractivity contribution in [2.75, 3.05) is 5.32 Å². The Kier molecular flexibility index (Phi) is 6.07. The lowest BCUT2D eigenvalue weighted by Gasteiger charge is -2.30. The quantitative estimate of drug-likeness (QED) is 0.351. The van der Waals surface area contributed by atoms with Crippen molar-refractivity contribution in [1.29, 1.82) is 0 Å². The summed E-state index contributed by atoms with van der Waals surface area (Å²) in [6.45, 7) is -0.473. The molecule has 0 spiro atoms.